The first-order valence-electron chi connectivity index (χ1n) is 12.2. The van der Waals surface area contributed by atoms with Gasteiger partial charge in [-0.05, 0) is 80.4 Å². The van der Waals surface area contributed by atoms with Crippen LogP contribution < -0.4 is 19.5 Å². The zero-order valence-corrected chi connectivity index (χ0v) is 22.2. The van der Waals surface area contributed by atoms with Crippen LogP contribution in [0.5, 0.6) is 11.5 Å². The predicted molar refractivity (Wildman–Crippen MR) is 145 cm³/mol. The minimum atomic E-state index is -3.88. The van der Waals surface area contributed by atoms with E-state index in [2.05, 4.69) is 40.1 Å². The van der Waals surface area contributed by atoms with Crippen LogP contribution in [0.4, 0.5) is 11.4 Å². The van der Waals surface area contributed by atoms with Crippen molar-refractivity contribution in [1.29, 1.82) is 0 Å². The van der Waals surface area contributed by atoms with Crippen LogP contribution in [-0.4, -0.2) is 46.5 Å². The molecule has 0 aliphatic carbocycles. The molecule has 1 aliphatic heterocycles. The molecule has 1 amide bonds. The minimum absolute atomic E-state index is 0.0367. The molecule has 4 rings (SSSR count). The van der Waals surface area contributed by atoms with Crippen LogP contribution in [0.3, 0.4) is 0 Å². The fraction of sp³-hybridized carbons (Fsp3) is 0.321. The number of carbonyl (C=O) groups excluding carboxylic acids is 1. The lowest BCUT2D eigenvalue weighted by Crippen LogP contribution is -2.37. The van der Waals surface area contributed by atoms with Gasteiger partial charge in [-0.25, -0.2) is 8.42 Å². The van der Waals surface area contributed by atoms with Crippen molar-refractivity contribution in [3.05, 3.63) is 77.9 Å². The number of hydrogen-bond acceptors (Lipinski definition) is 6. The molecule has 1 saturated heterocycles. The van der Waals surface area contributed by atoms with Crippen LogP contribution in [0.25, 0.3) is 0 Å². The second kappa shape index (κ2) is 11.7. The number of amides is 1. The number of carbonyl (C=O) groups is 1. The summed E-state index contributed by atoms with van der Waals surface area (Å²) < 4.78 is 38.8. The van der Waals surface area contributed by atoms with Crippen molar-refractivity contribution in [2.24, 2.45) is 5.92 Å². The van der Waals surface area contributed by atoms with Gasteiger partial charge in [0.1, 0.15) is 11.5 Å². The number of nitrogens with zero attached hydrogens (tertiary/aromatic N) is 1. The first-order valence-corrected chi connectivity index (χ1v) is 13.7. The molecule has 0 unspecified atom stereocenters. The Hall–Kier alpha value is -3.56. The number of methoxy groups -OCH3 is 2. The Kier molecular flexibility index (Phi) is 8.35. The van der Waals surface area contributed by atoms with Crippen molar-refractivity contribution in [1.82, 2.24) is 4.90 Å². The van der Waals surface area contributed by atoms with Crippen molar-refractivity contribution in [2.75, 3.05) is 37.3 Å². The fourth-order valence-electron chi connectivity index (χ4n) is 4.44. The van der Waals surface area contributed by atoms with Crippen molar-refractivity contribution >= 4 is 27.3 Å². The third kappa shape index (κ3) is 6.61. The number of hydrogen-bond donors (Lipinski definition) is 2. The standard InChI is InChI=1S/C28H33N3O5S/c1-20-6-4-5-7-22(20)19-31-16-14-21(15-17-31)28(32)29-23-8-11-25(12-9-23)37(33,34)30-26-18-24(35-2)10-13-27(26)36-3/h4-13,18,21,30H,14-17,19H2,1-3H3,(H,29,32). The summed E-state index contributed by atoms with van der Waals surface area (Å²) in [4.78, 5) is 15.3. The Morgan fingerprint density at radius 2 is 1.68 bits per heavy atom. The van der Waals surface area contributed by atoms with Crippen LogP contribution in [0.15, 0.2) is 71.6 Å². The molecular formula is C28H33N3O5S. The van der Waals surface area contributed by atoms with Gasteiger partial charge in [0.2, 0.25) is 5.91 Å². The third-order valence-electron chi connectivity index (χ3n) is 6.70. The summed E-state index contributed by atoms with van der Waals surface area (Å²) in [5.41, 5.74) is 3.43. The normalized spacial score (nSPS) is 14.7. The number of rotatable bonds is 9. The highest BCUT2D eigenvalue weighted by molar-refractivity contribution is 7.92. The maximum Gasteiger partial charge on any atom is 0.262 e. The predicted octanol–water partition coefficient (Wildman–Crippen LogP) is 4.66. The van der Waals surface area contributed by atoms with Gasteiger partial charge >= 0.3 is 0 Å². The van der Waals surface area contributed by atoms with E-state index >= 15 is 0 Å². The molecule has 2 N–H and O–H groups in total. The van der Waals surface area contributed by atoms with Gasteiger partial charge in [0.05, 0.1) is 24.8 Å². The molecule has 3 aromatic carbocycles. The number of aryl methyl sites for hydroxylation is 1. The highest BCUT2D eigenvalue weighted by atomic mass is 32.2. The van der Waals surface area contributed by atoms with Gasteiger partial charge in [-0.15, -0.1) is 0 Å². The summed E-state index contributed by atoms with van der Waals surface area (Å²) >= 11 is 0. The molecule has 0 radical (unpaired) electrons. The minimum Gasteiger partial charge on any atom is -0.497 e. The summed E-state index contributed by atoms with van der Waals surface area (Å²) in [5.74, 6) is 0.764. The molecule has 8 nitrogen and oxygen atoms in total. The smallest absolute Gasteiger partial charge is 0.262 e. The SMILES string of the molecule is COc1ccc(OC)c(NS(=O)(=O)c2ccc(NC(=O)C3CCN(Cc4ccccc4C)CC3)cc2)c1. The van der Waals surface area contributed by atoms with E-state index in [0.29, 0.717) is 17.2 Å². The largest absolute Gasteiger partial charge is 0.497 e. The molecule has 0 spiro atoms. The van der Waals surface area contributed by atoms with Gasteiger partial charge in [-0.1, -0.05) is 24.3 Å². The quantitative estimate of drug-likeness (QED) is 0.423. The average Bonchev–Trinajstić information content (AvgIpc) is 2.90. The average molecular weight is 524 g/mol. The monoisotopic (exact) mass is 523 g/mol. The first kappa shape index (κ1) is 26.5. The maximum absolute atomic E-state index is 12.9. The molecule has 1 aliphatic rings. The number of likely N-dealkylation sites (tertiary alicyclic amines) is 1. The van der Waals surface area contributed by atoms with Gasteiger partial charge < -0.3 is 14.8 Å². The van der Waals surface area contributed by atoms with E-state index < -0.39 is 10.0 Å². The zero-order chi connectivity index (χ0) is 26.4. The molecule has 0 atom stereocenters. The zero-order valence-electron chi connectivity index (χ0n) is 21.4. The summed E-state index contributed by atoms with van der Waals surface area (Å²) in [6, 6.07) is 19.4. The van der Waals surface area contributed by atoms with Crippen LogP contribution >= 0.6 is 0 Å². The third-order valence-corrected chi connectivity index (χ3v) is 8.08. The molecule has 3 aromatic rings. The molecule has 9 heteroatoms. The molecular weight excluding hydrogens is 490 g/mol. The van der Waals surface area contributed by atoms with Gasteiger partial charge in [-0.3, -0.25) is 14.4 Å². The Bertz CT molecular complexity index is 1330. The lowest BCUT2D eigenvalue weighted by atomic mass is 9.95. The highest BCUT2D eigenvalue weighted by Gasteiger charge is 2.25. The first-order chi connectivity index (χ1) is 17.8. The van der Waals surface area contributed by atoms with E-state index in [1.807, 2.05) is 6.07 Å². The number of anilines is 2. The van der Waals surface area contributed by atoms with Crippen LogP contribution in [0, 0.1) is 12.8 Å². The van der Waals surface area contributed by atoms with Gasteiger partial charge in [0, 0.05) is 24.2 Å². The van der Waals surface area contributed by atoms with Gasteiger partial charge in [-0.2, -0.15) is 0 Å². The van der Waals surface area contributed by atoms with Crippen molar-refractivity contribution in [3.8, 4) is 11.5 Å². The molecule has 196 valence electrons. The van der Waals surface area contributed by atoms with E-state index in [9.17, 15) is 13.2 Å². The summed E-state index contributed by atoms with van der Waals surface area (Å²) in [7, 11) is -0.910. The van der Waals surface area contributed by atoms with E-state index in [1.54, 1.807) is 30.3 Å². The Labute approximate surface area is 218 Å². The summed E-state index contributed by atoms with van der Waals surface area (Å²) in [6.07, 6.45) is 1.58. The second-order valence-electron chi connectivity index (χ2n) is 9.16. The lowest BCUT2D eigenvalue weighted by molar-refractivity contribution is -0.121. The molecule has 0 aromatic heterocycles. The summed E-state index contributed by atoms with van der Waals surface area (Å²) in [6.45, 7) is 4.75. The van der Waals surface area contributed by atoms with Crippen LogP contribution in [-0.2, 0) is 21.4 Å². The number of piperidine rings is 1. The Morgan fingerprint density at radius 3 is 2.32 bits per heavy atom. The van der Waals surface area contributed by atoms with E-state index in [4.69, 9.17) is 9.47 Å². The number of benzene rings is 3. The lowest BCUT2D eigenvalue weighted by Gasteiger charge is -2.31. The molecule has 0 saturated carbocycles. The van der Waals surface area contributed by atoms with Crippen molar-refractivity contribution < 1.29 is 22.7 Å². The Morgan fingerprint density at radius 1 is 0.973 bits per heavy atom. The van der Waals surface area contributed by atoms with Gasteiger partial charge in [0.15, 0.2) is 0 Å². The molecule has 0 bridgehead atoms. The van der Waals surface area contributed by atoms with E-state index in [1.165, 1.54) is 37.5 Å². The van der Waals surface area contributed by atoms with E-state index in [0.717, 1.165) is 32.5 Å². The topological polar surface area (TPSA) is 97.0 Å². The van der Waals surface area contributed by atoms with E-state index in [-0.39, 0.29) is 22.4 Å². The van der Waals surface area contributed by atoms with Gasteiger partial charge in [0.25, 0.3) is 10.0 Å². The maximum atomic E-state index is 12.9. The highest BCUT2D eigenvalue weighted by Crippen LogP contribution is 2.31. The second-order valence-corrected chi connectivity index (χ2v) is 10.8. The molecule has 1 fully saturated rings. The number of ether oxygens (including phenoxy) is 2. The van der Waals surface area contributed by atoms with Crippen molar-refractivity contribution in [3.63, 3.8) is 0 Å². The van der Waals surface area contributed by atoms with Crippen LogP contribution in [0.1, 0.15) is 24.0 Å². The van der Waals surface area contributed by atoms with Crippen LogP contribution in [0.2, 0.25) is 0 Å². The molecule has 1 heterocycles. The summed E-state index contributed by atoms with van der Waals surface area (Å²) in [5, 5.41) is 2.94. The molecule has 37 heavy (non-hydrogen) atoms. The van der Waals surface area contributed by atoms with Crippen molar-refractivity contribution in [2.45, 2.75) is 31.2 Å². The fourth-order valence-corrected chi connectivity index (χ4v) is 5.50. The Balaban J connectivity index is 1.33. The number of sulfonamides is 1. The number of nitrogens with one attached hydrogen (secondary N) is 2.